The highest BCUT2D eigenvalue weighted by atomic mass is 16.2. The highest BCUT2D eigenvalue weighted by molar-refractivity contribution is 5.95. The standard InChI is InChI=1S/C20H23N5O/c1-13-9-15(24-19(26)20(22)6-7-20)12-25(11-13)17-5-4-14(10-21)18-16(17)3-2-8-23-18/h2-5,8,13,15H,6-7,9,11-12,22H2,1H3,(H,24,26)/t13-,15+/m0/s1. The molecule has 134 valence electrons. The lowest BCUT2D eigenvalue weighted by Gasteiger charge is -2.39. The van der Waals surface area contributed by atoms with Crippen molar-refractivity contribution in [2.45, 2.75) is 37.8 Å². The summed E-state index contributed by atoms with van der Waals surface area (Å²) in [6.07, 6.45) is 4.21. The van der Waals surface area contributed by atoms with Gasteiger partial charge in [0.05, 0.1) is 16.6 Å². The number of anilines is 1. The summed E-state index contributed by atoms with van der Waals surface area (Å²) < 4.78 is 0. The van der Waals surface area contributed by atoms with Crippen LogP contribution in [0.4, 0.5) is 5.69 Å². The number of nitrogens with zero attached hydrogens (tertiary/aromatic N) is 3. The van der Waals surface area contributed by atoms with E-state index in [-0.39, 0.29) is 11.9 Å². The van der Waals surface area contributed by atoms with E-state index in [1.807, 2.05) is 24.3 Å². The van der Waals surface area contributed by atoms with Gasteiger partial charge in [0.25, 0.3) is 0 Å². The van der Waals surface area contributed by atoms with Gasteiger partial charge < -0.3 is 16.0 Å². The number of pyridine rings is 1. The van der Waals surface area contributed by atoms with Gasteiger partial charge in [-0.05, 0) is 49.4 Å². The zero-order chi connectivity index (χ0) is 18.3. The third kappa shape index (κ3) is 2.99. The molecule has 2 aliphatic rings. The molecule has 26 heavy (non-hydrogen) atoms. The molecule has 1 aromatic carbocycles. The summed E-state index contributed by atoms with van der Waals surface area (Å²) >= 11 is 0. The zero-order valence-corrected chi connectivity index (χ0v) is 14.9. The molecule has 1 amide bonds. The number of piperidine rings is 1. The van der Waals surface area contributed by atoms with Crippen LogP contribution in [0.2, 0.25) is 0 Å². The molecular weight excluding hydrogens is 326 g/mol. The van der Waals surface area contributed by atoms with E-state index in [0.717, 1.165) is 48.9 Å². The second-order valence-corrected chi connectivity index (χ2v) is 7.72. The maximum Gasteiger partial charge on any atom is 0.240 e. The normalized spacial score (nSPS) is 24.1. The van der Waals surface area contributed by atoms with Gasteiger partial charge in [0.1, 0.15) is 6.07 Å². The van der Waals surface area contributed by atoms with Crippen LogP contribution in [0.25, 0.3) is 10.9 Å². The Morgan fingerprint density at radius 3 is 2.92 bits per heavy atom. The number of hydrogen-bond acceptors (Lipinski definition) is 5. The van der Waals surface area contributed by atoms with Crippen LogP contribution in [-0.2, 0) is 4.79 Å². The van der Waals surface area contributed by atoms with Crippen LogP contribution < -0.4 is 16.0 Å². The molecule has 2 fully saturated rings. The smallest absolute Gasteiger partial charge is 0.240 e. The van der Waals surface area contributed by atoms with Crippen LogP contribution in [0.1, 0.15) is 31.7 Å². The summed E-state index contributed by atoms with van der Waals surface area (Å²) in [4.78, 5) is 19.0. The van der Waals surface area contributed by atoms with Gasteiger partial charge >= 0.3 is 0 Å². The van der Waals surface area contributed by atoms with Gasteiger partial charge in [-0.25, -0.2) is 0 Å². The van der Waals surface area contributed by atoms with Crippen molar-refractivity contribution < 1.29 is 4.79 Å². The minimum Gasteiger partial charge on any atom is -0.369 e. The molecule has 1 aliphatic heterocycles. The number of rotatable bonds is 3. The summed E-state index contributed by atoms with van der Waals surface area (Å²) in [5, 5.41) is 13.5. The molecule has 6 heteroatoms. The molecule has 1 aromatic heterocycles. The average Bonchev–Trinajstić information content (AvgIpc) is 3.39. The first kappa shape index (κ1) is 16.8. The molecule has 4 rings (SSSR count). The number of nitrogens with one attached hydrogen (secondary N) is 1. The lowest BCUT2D eigenvalue weighted by atomic mass is 9.94. The van der Waals surface area contributed by atoms with Gasteiger partial charge in [0, 0.05) is 36.4 Å². The molecule has 3 N–H and O–H groups in total. The lowest BCUT2D eigenvalue weighted by molar-refractivity contribution is -0.124. The molecule has 0 radical (unpaired) electrons. The van der Waals surface area contributed by atoms with Crippen molar-refractivity contribution in [1.29, 1.82) is 5.26 Å². The Bertz CT molecular complexity index is 899. The molecule has 6 nitrogen and oxygen atoms in total. The third-order valence-electron chi connectivity index (χ3n) is 5.44. The van der Waals surface area contributed by atoms with Crippen molar-refractivity contribution in [3.05, 3.63) is 36.0 Å². The number of hydrogen-bond donors (Lipinski definition) is 2. The Kier molecular flexibility index (Phi) is 4.04. The fourth-order valence-corrected chi connectivity index (χ4v) is 3.87. The topological polar surface area (TPSA) is 95.0 Å². The van der Waals surface area contributed by atoms with Gasteiger partial charge in [-0.15, -0.1) is 0 Å². The fraction of sp³-hybridized carbons (Fsp3) is 0.450. The number of amides is 1. The van der Waals surface area contributed by atoms with Crippen molar-refractivity contribution in [1.82, 2.24) is 10.3 Å². The Morgan fingerprint density at radius 1 is 1.38 bits per heavy atom. The third-order valence-corrected chi connectivity index (χ3v) is 5.44. The maximum atomic E-state index is 12.3. The van der Waals surface area contributed by atoms with Gasteiger partial charge in [0.15, 0.2) is 0 Å². The van der Waals surface area contributed by atoms with Crippen LogP contribution in [0, 0.1) is 17.2 Å². The number of carbonyl (C=O) groups excluding carboxylic acids is 1. The van der Waals surface area contributed by atoms with Crippen LogP contribution in [-0.4, -0.2) is 35.6 Å². The average molecular weight is 349 g/mol. The summed E-state index contributed by atoms with van der Waals surface area (Å²) in [6.45, 7) is 3.85. The van der Waals surface area contributed by atoms with Crippen LogP contribution in [0.5, 0.6) is 0 Å². The summed E-state index contributed by atoms with van der Waals surface area (Å²) in [6, 6.07) is 10.0. The fourth-order valence-electron chi connectivity index (χ4n) is 3.87. The van der Waals surface area contributed by atoms with E-state index in [1.54, 1.807) is 6.20 Å². The summed E-state index contributed by atoms with van der Waals surface area (Å²) in [5.41, 5.74) is 7.76. The highest BCUT2D eigenvalue weighted by Crippen LogP contribution is 2.34. The minimum absolute atomic E-state index is 0.0251. The lowest BCUT2D eigenvalue weighted by Crippen LogP contribution is -2.54. The number of benzene rings is 1. The van der Waals surface area contributed by atoms with Gasteiger partial charge in [-0.2, -0.15) is 5.26 Å². The second-order valence-electron chi connectivity index (χ2n) is 7.72. The van der Waals surface area contributed by atoms with Crippen LogP contribution >= 0.6 is 0 Å². The monoisotopic (exact) mass is 349 g/mol. The Morgan fingerprint density at radius 2 is 2.19 bits per heavy atom. The van der Waals surface area contributed by atoms with Crippen LogP contribution in [0.3, 0.4) is 0 Å². The van der Waals surface area contributed by atoms with Crippen molar-refractivity contribution in [2.24, 2.45) is 11.7 Å². The molecule has 1 saturated heterocycles. The zero-order valence-electron chi connectivity index (χ0n) is 14.9. The van der Waals surface area contributed by atoms with E-state index >= 15 is 0 Å². The Balaban J connectivity index is 1.62. The van der Waals surface area contributed by atoms with Gasteiger partial charge in [-0.1, -0.05) is 6.92 Å². The van der Waals surface area contributed by atoms with Crippen molar-refractivity contribution in [2.75, 3.05) is 18.0 Å². The van der Waals surface area contributed by atoms with Gasteiger partial charge in [0.2, 0.25) is 5.91 Å². The molecule has 0 spiro atoms. The molecule has 1 saturated carbocycles. The van der Waals surface area contributed by atoms with E-state index in [1.165, 1.54) is 0 Å². The predicted molar refractivity (Wildman–Crippen MR) is 101 cm³/mol. The quantitative estimate of drug-likeness (QED) is 0.883. The SMILES string of the molecule is C[C@H]1C[C@@H](NC(=O)C2(N)CC2)CN(c2ccc(C#N)c3ncccc23)C1. The molecule has 2 heterocycles. The number of carbonyl (C=O) groups is 1. The van der Waals surface area contributed by atoms with Gasteiger partial charge in [-0.3, -0.25) is 9.78 Å². The Labute approximate surface area is 153 Å². The van der Waals surface area contributed by atoms with E-state index in [0.29, 0.717) is 11.5 Å². The highest BCUT2D eigenvalue weighted by Gasteiger charge is 2.46. The molecule has 2 aromatic rings. The van der Waals surface area contributed by atoms with Crippen molar-refractivity contribution in [3.63, 3.8) is 0 Å². The maximum absolute atomic E-state index is 12.3. The van der Waals surface area contributed by atoms with Crippen molar-refractivity contribution in [3.8, 4) is 6.07 Å². The Hall–Kier alpha value is -2.65. The first-order valence-corrected chi connectivity index (χ1v) is 9.13. The first-order valence-electron chi connectivity index (χ1n) is 9.13. The summed E-state index contributed by atoms with van der Waals surface area (Å²) in [7, 11) is 0. The number of fused-ring (bicyclic) bond motifs is 1. The van der Waals surface area contributed by atoms with E-state index in [2.05, 4.69) is 28.2 Å². The summed E-state index contributed by atoms with van der Waals surface area (Å²) in [5.74, 6) is 0.423. The molecule has 1 aliphatic carbocycles. The number of nitriles is 1. The van der Waals surface area contributed by atoms with E-state index in [9.17, 15) is 10.1 Å². The van der Waals surface area contributed by atoms with E-state index in [4.69, 9.17) is 5.73 Å². The van der Waals surface area contributed by atoms with Crippen molar-refractivity contribution >= 4 is 22.5 Å². The van der Waals surface area contributed by atoms with Crippen LogP contribution in [0.15, 0.2) is 30.5 Å². The molecular formula is C20H23N5O. The molecule has 2 atom stereocenters. The molecule has 0 unspecified atom stereocenters. The first-order chi connectivity index (χ1) is 12.5. The molecule has 0 bridgehead atoms. The largest absolute Gasteiger partial charge is 0.369 e. The minimum atomic E-state index is -0.642. The second kappa shape index (κ2) is 6.26. The number of nitrogens with two attached hydrogens (primary N) is 1. The number of aromatic nitrogens is 1. The van der Waals surface area contributed by atoms with E-state index < -0.39 is 5.54 Å². The predicted octanol–water partition coefficient (Wildman–Crippen LogP) is 1.93.